The molecule has 17 heavy (non-hydrogen) atoms. The van der Waals surface area contributed by atoms with Crippen molar-refractivity contribution in [2.75, 3.05) is 19.1 Å². The minimum absolute atomic E-state index is 0.756. The van der Waals surface area contributed by atoms with Crippen LogP contribution in [0.4, 0.5) is 5.69 Å². The van der Waals surface area contributed by atoms with Gasteiger partial charge in [0.15, 0.2) is 0 Å². The first kappa shape index (κ1) is 10.8. The van der Waals surface area contributed by atoms with Gasteiger partial charge in [0.2, 0.25) is 0 Å². The zero-order valence-electron chi connectivity index (χ0n) is 10.5. The Bertz CT molecular complexity index is 407. The quantitative estimate of drug-likeness (QED) is 0.749. The largest absolute Gasteiger partial charge is 0.497 e. The lowest BCUT2D eigenvalue weighted by Crippen LogP contribution is -2.01. The van der Waals surface area contributed by atoms with E-state index in [1.54, 1.807) is 14.2 Å². The molecule has 1 heterocycles. The van der Waals surface area contributed by atoms with Gasteiger partial charge in [0, 0.05) is 18.2 Å². The minimum atomic E-state index is 0.756. The van der Waals surface area contributed by atoms with Crippen LogP contribution in [0.1, 0.15) is 25.7 Å². The first-order valence-electron chi connectivity index (χ1n) is 6.35. The van der Waals surface area contributed by atoms with Crippen LogP contribution in [-0.4, -0.2) is 26.3 Å². The number of methoxy groups -OCH3 is 2. The molecule has 0 radical (unpaired) electrons. The van der Waals surface area contributed by atoms with E-state index in [9.17, 15) is 0 Å². The van der Waals surface area contributed by atoms with Gasteiger partial charge in [-0.05, 0) is 25.0 Å². The molecule has 2 unspecified atom stereocenters. The average Bonchev–Trinajstić information content (AvgIpc) is 3.12. The second-order valence-corrected chi connectivity index (χ2v) is 4.86. The van der Waals surface area contributed by atoms with Crippen molar-refractivity contribution in [2.24, 2.45) is 0 Å². The second-order valence-electron chi connectivity index (χ2n) is 4.86. The van der Waals surface area contributed by atoms with Crippen LogP contribution in [0.5, 0.6) is 11.5 Å². The van der Waals surface area contributed by atoms with Crippen LogP contribution in [-0.2, 0) is 0 Å². The highest BCUT2D eigenvalue weighted by molar-refractivity contribution is 5.67. The van der Waals surface area contributed by atoms with Gasteiger partial charge in [-0.1, -0.05) is 12.8 Å². The molecule has 1 saturated heterocycles. The van der Waals surface area contributed by atoms with E-state index in [0.717, 1.165) is 23.6 Å². The van der Waals surface area contributed by atoms with Gasteiger partial charge in [-0.25, -0.2) is 0 Å². The lowest BCUT2D eigenvalue weighted by Gasteiger charge is -2.12. The number of nitrogens with zero attached hydrogens (tertiary/aromatic N) is 1. The number of benzene rings is 1. The van der Waals surface area contributed by atoms with Gasteiger partial charge >= 0.3 is 0 Å². The Balaban J connectivity index is 1.88. The zero-order valence-corrected chi connectivity index (χ0v) is 10.5. The molecule has 2 atom stereocenters. The highest BCUT2D eigenvalue weighted by atomic mass is 16.5. The van der Waals surface area contributed by atoms with Crippen LogP contribution in [0.3, 0.4) is 0 Å². The van der Waals surface area contributed by atoms with E-state index in [2.05, 4.69) is 11.0 Å². The Morgan fingerprint density at radius 2 is 1.76 bits per heavy atom. The molecule has 2 aliphatic rings. The molecular formula is C14H19NO2. The Morgan fingerprint density at radius 1 is 1.06 bits per heavy atom. The SMILES string of the molecule is COc1ccc(N2C3CCCCC32)c(OC)c1. The number of rotatable bonds is 3. The zero-order chi connectivity index (χ0) is 11.8. The van der Waals surface area contributed by atoms with Crippen molar-refractivity contribution < 1.29 is 9.47 Å². The third-order valence-corrected chi connectivity index (χ3v) is 3.98. The van der Waals surface area contributed by atoms with Gasteiger partial charge < -0.3 is 14.4 Å². The number of anilines is 1. The maximum Gasteiger partial charge on any atom is 0.145 e. The third kappa shape index (κ3) is 1.74. The van der Waals surface area contributed by atoms with Crippen LogP contribution in [0.2, 0.25) is 0 Å². The van der Waals surface area contributed by atoms with Crippen molar-refractivity contribution in [3.8, 4) is 11.5 Å². The fourth-order valence-corrected chi connectivity index (χ4v) is 3.06. The van der Waals surface area contributed by atoms with Crippen LogP contribution >= 0.6 is 0 Å². The molecule has 3 heteroatoms. The molecular weight excluding hydrogens is 214 g/mol. The molecule has 2 fully saturated rings. The number of hydrogen-bond donors (Lipinski definition) is 0. The third-order valence-electron chi connectivity index (χ3n) is 3.98. The first-order chi connectivity index (χ1) is 8.35. The normalized spacial score (nSPS) is 26.4. The van der Waals surface area contributed by atoms with E-state index in [-0.39, 0.29) is 0 Å². The highest BCUT2D eigenvalue weighted by Crippen LogP contribution is 2.48. The second kappa shape index (κ2) is 4.13. The summed E-state index contributed by atoms with van der Waals surface area (Å²) in [5.74, 6) is 1.79. The molecule has 3 rings (SSSR count). The number of ether oxygens (including phenoxy) is 2. The summed E-state index contributed by atoms with van der Waals surface area (Å²) in [7, 11) is 3.41. The van der Waals surface area contributed by atoms with E-state index in [0.29, 0.717) is 0 Å². The van der Waals surface area contributed by atoms with Gasteiger partial charge in [0.1, 0.15) is 11.5 Å². The van der Waals surface area contributed by atoms with Crippen molar-refractivity contribution in [3.63, 3.8) is 0 Å². The maximum atomic E-state index is 5.47. The Labute approximate surface area is 102 Å². The van der Waals surface area contributed by atoms with Gasteiger partial charge in [-0.15, -0.1) is 0 Å². The Kier molecular flexibility index (Phi) is 2.61. The van der Waals surface area contributed by atoms with Crippen molar-refractivity contribution >= 4 is 5.69 Å². The topological polar surface area (TPSA) is 21.5 Å². The van der Waals surface area contributed by atoms with Crippen molar-refractivity contribution in [3.05, 3.63) is 18.2 Å². The van der Waals surface area contributed by atoms with Crippen molar-refractivity contribution in [1.29, 1.82) is 0 Å². The summed E-state index contributed by atoms with van der Waals surface area (Å²) in [6.45, 7) is 0. The molecule has 92 valence electrons. The monoisotopic (exact) mass is 233 g/mol. The summed E-state index contributed by atoms with van der Waals surface area (Å²) in [5, 5.41) is 0. The molecule has 0 amide bonds. The Hall–Kier alpha value is -1.38. The van der Waals surface area contributed by atoms with Crippen molar-refractivity contribution in [2.45, 2.75) is 37.8 Å². The van der Waals surface area contributed by atoms with E-state index < -0.39 is 0 Å². The molecule has 1 aliphatic heterocycles. The average molecular weight is 233 g/mol. The van der Waals surface area contributed by atoms with Crippen molar-refractivity contribution in [1.82, 2.24) is 0 Å². The lowest BCUT2D eigenvalue weighted by molar-refractivity contribution is 0.395. The summed E-state index contributed by atoms with van der Waals surface area (Å²) in [5.41, 5.74) is 1.23. The number of fused-ring (bicyclic) bond motifs is 1. The summed E-state index contributed by atoms with van der Waals surface area (Å²) in [6, 6.07) is 7.62. The first-order valence-corrected chi connectivity index (χ1v) is 6.35. The van der Waals surface area contributed by atoms with Crippen LogP contribution in [0, 0.1) is 0 Å². The summed E-state index contributed by atoms with van der Waals surface area (Å²) in [4.78, 5) is 2.51. The summed E-state index contributed by atoms with van der Waals surface area (Å²) >= 11 is 0. The standard InChI is InChI=1S/C14H19NO2/c1-16-10-7-8-13(14(9-10)17-2)15-11-5-3-4-6-12(11)15/h7-9,11-12H,3-6H2,1-2H3. The predicted octanol–water partition coefficient (Wildman–Crippen LogP) is 2.84. The Morgan fingerprint density at radius 3 is 2.35 bits per heavy atom. The van der Waals surface area contributed by atoms with E-state index in [1.165, 1.54) is 31.4 Å². The number of hydrogen-bond acceptors (Lipinski definition) is 3. The van der Waals surface area contributed by atoms with E-state index in [1.807, 2.05) is 12.1 Å². The minimum Gasteiger partial charge on any atom is -0.497 e. The van der Waals surface area contributed by atoms with Gasteiger partial charge in [0.25, 0.3) is 0 Å². The fourth-order valence-electron chi connectivity index (χ4n) is 3.06. The molecule has 3 nitrogen and oxygen atoms in total. The van der Waals surface area contributed by atoms with E-state index >= 15 is 0 Å². The maximum absolute atomic E-state index is 5.47. The predicted molar refractivity (Wildman–Crippen MR) is 68.1 cm³/mol. The van der Waals surface area contributed by atoms with Crippen LogP contribution in [0.25, 0.3) is 0 Å². The van der Waals surface area contributed by atoms with Gasteiger partial charge in [0.05, 0.1) is 19.9 Å². The summed E-state index contributed by atoms with van der Waals surface area (Å²) < 4.78 is 10.7. The lowest BCUT2D eigenvalue weighted by atomic mass is 10.0. The molecule has 1 aliphatic carbocycles. The van der Waals surface area contributed by atoms with E-state index in [4.69, 9.17) is 9.47 Å². The van der Waals surface area contributed by atoms with Crippen LogP contribution in [0.15, 0.2) is 18.2 Å². The molecule has 1 saturated carbocycles. The van der Waals surface area contributed by atoms with Gasteiger partial charge in [-0.3, -0.25) is 0 Å². The molecule has 0 bridgehead atoms. The molecule has 1 aromatic rings. The smallest absolute Gasteiger partial charge is 0.145 e. The summed E-state index contributed by atoms with van der Waals surface area (Å²) in [6.07, 6.45) is 5.41. The molecule has 0 N–H and O–H groups in total. The molecule has 1 aromatic carbocycles. The van der Waals surface area contributed by atoms with Gasteiger partial charge in [-0.2, -0.15) is 0 Å². The molecule has 0 aromatic heterocycles. The highest BCUT2D eigenvalue weighted by Gasteiger charge is 2.49. The van der Waals surface area contributed by atoms with Crippen LogP contribution < -0.4 is 14.4 Å². The molecule has 0 spiro atoms. The fraction of sp³-hybridized carbons (Fsp3) is 0.571.